The molecule has 0 aromatic heterocycles. The molecule has 6 nitrogen and oxygen atoms in total. The molecule has 0 aliphatic carbocycles. The first-order valence-corrected chi connectivity index (χ1v) is 10.9. The van der Waals surface area contributed by atoms with Crippen LogP contribution in [0.2, 0.25) is 0 Å². The number of methoxy groups -OCH3 is 2. The van der Waals surface area contributed by atoms with Crippen LogP contribution in [0.5, 0.6) is 11.5 Å². The molecule has 2 aromatic carbocycles. The number of amides is 2. The number of likely N-dealkylation sites (tertiary alicyclic amines) is 1. The van der Waals surface area contributed by atoms with Gasteiger partial charge in [-0.1, -0.05) is 31.2 Å². The van der Waals surface area contributed by atoms with Crippen LogP contribution in [0.25, 0.3) is 0 Å². The highest BCUT2D eigenvalue weighted by atomic mass is 16.5. The lowest BCUT2D eigenvalue weighted by molar-refractivity contribution is -0.133. The minimum atomic E-state index is -0.369. The summed E-state index contributed by atoms with van der Waals surface area (Å²) in [7, 11) is 3.18. The predicted molar refractivity (Wildman–Crippen MR) is 118 cm³/mol. The molecule has 0 saturated carbocycles. The monoisotopic (exact) mass is 422 g/mol. The molecule has 2 amide bonds. The van der Waals surface area contributed by atoms with Gasteiger partial charge in [-0.05, 0) is 48.1 Å². The second kappa shape index (κ2) is 9.00. The van der Waals surface area contributed by atoms with Crippen LogP contribution in [0.1, 0.15) is 53.7 Å². The van der Waals surface area contributed by atoms with Crippen molar-refractivity contribution in [2.24, 2.45) is 5.92 Å². The van der Waals surface area contributed by atoms with Crippen LogP contribution in [0.3, 0.4) is 0 Å². The summed E-state index contributed by atoms with van der Waals surface area (Å²) in [5.41, 5.74) is 2.59. The number of hydrogen-bond acceptors (Lipinski definition) is 4. The second-order valence-corrected chi connectivity index (χ2v) is 8.49. The van der Waals surface area contributed by atoms with Gasteiger partial charge in [0.15, 0.2) is 11.5 Å². The molecule has 2 aliphatic rings. The van der Waals surface area contributed by atoms with Crippen molar-refractivity contribution in [1.82, 2.24) is 9.80 Å². The standard InChI is InChI=1S/C25H30N2O4/c1-17-10-12-26(13-11-17)24(28)15-21(18-8-9-22(30-2)23(14-18)31-3)27-16-19-6-4-5-7-20(19)25(27)29/h4-9,14,17,21H,10-13,15-16H2,1-3H3. The first-order valence-electron chi connectivity index (χ1n) is 10.9. The minimum Gasteiger partial charge on any atom is -0.493 e. The van der Waals surface area contributed by atoms with Gasteiger partial charge < -0.3 is 19.3 Å². The van der Waals surface area contributed by atoms with Gasteiger partial charge in [0.2, 0.25) is 5.91 Å². The van der Waals surface area contributed by atoms with Crippen molar-refractivity contribution < 1.29 is 19.1 Å². The lowest BCUT2D eigenvalue weighted by Gasteiger charge is -2.34. The van der Waals surface area contributed by atoms with E-state index in [0.717, 1.165) is 37.1 Å². The number of piperidine rings is 1. The molecule has 0 radical (unpaired) electrons. The van der Waals surface area contributed by atoms with Gasteiger partial charge in [-0.25, -0.2) is 0 Å². The van der Waals surface area contributed by atoms with Gasteiger partial charge in [0.25, 0.3) is 5.91 Å². The summed E-state index contributed by atoms with van der Waals surface area (Å²) >= 11 is 0. The van der Waals surface area contributed by atoms with Crippen molar-refractivity contribution in [3.8, 4) is 11.5 Å². The minimum absolute atomic E-state index is 0.0320. The third kappa shape index (κ3) is 4.24. The summed E-state index contributed by atoms with van der Waals surface area (Å²) < 4.78 is 10.9. The van der Waals surface area contributed by atoms with Gasteiger partial charge in [0, 0.05) is 25.2 Å². The summed E-state index contributed by atoms with van der Waals surface area (Å²) in [5.74, 6) is 1.93. The van der Waals surface area contributed by atoms with E-state index in [1.807, 2.05) is 52.3 Å². The molecule has 31 heavy (non-hydrogen) atoms. The Morgan fingerprint density at radius 1 is 1.06 bits per heavy atom. The van der Waals surface area contributed by atoms with Gasteiger partial charge in [-0.15, -0.1) is 0 Å². The van der Waals surface area contributed by atoms with E-state index in [1.165, 1.54) is 0 Å². The Bertz CT molecular complexity index is 966. The van der Waals surface area contributed by atoms with Crippen molar-refractivity contribution in [3.63, 3.8) is 0 Å². The Hall–Kier alpha value is -3.02. The first kappa shape index (κ1) is 21.2. The molecule has 0 spiro atoms. The van der Waals surface area contributed by atoms with E-state index in [9.17, 15) is 9.59 Å². The third-order valence-electron chi connectivity index (χ3n) is 6.52. The number of hydrogen-bond donors (Lipinski definition) is 0. The highest BCUT2D eigenvalue weighted by molar-refractivity contribution is 5.98. The van der Waals surface area contributed by atoms with Crippen molar-refractivity contribution in [1.29, 1.82) is 0 Å². The van der Waals surface area contributed by atoms with Gasteiger partial charge in [0.1, 0.15) is 0 Å². The van der Waals surface area contributed by atoms with Crippen LogP contribution in [0.15, 0.2) is 42.5 Å². The van der Waals surface area contributed by atoms with E-state index in [4.69, 9.17) is 9.47 Å². The quantitative estimate of drug-likeness (QED) is 0.705. The number of fused-ring (bicyclic) bond motifs is 1. The van der Waals surface area contributed by atoms with Crippen LogP contribution in [-0.4, -0.2) is 48.9 Å². The largest absolute Gasteiger partial charge is 0.493 e. The number of rotatable bonds is 6. The highest BCUT2D eigenvalue weighted by Crippen LogP contribution is 2.37. The molecule has 1 atom stereocenters. The number of benzene rings is 2. The van der Waals surface area contributed by atoms with E-state index in [1.54, 1.807) is 14.2 Å². The highest BCUT2D eigenvalue weighted by Gasteiger charge is 2.36. The number of carbonyl (C=O) groups excluding carboxylic acids is 2. The van der Waals surface area contributed by atoms with Crippen molar-refractivity contribution in [2.45, 2.75) is 38.8 Å². The van der Waals surface area contributed by atoms with Crippen LogP contribution >= 0.6 is 0 Å². The van der Waals surface area contributed by atoms with Gasteiger partial charge >= 0.3 is 0 Å². The van der Waals surface area contributed by atoms with Crippen LogP contribution in [0, 0.1) is 5.92 Å². The number of ether oxygens (including phenoxy) is 2. The molecule has 6 heteroatoms. The molecule has 164 valence electrons. The lowest BCUT2D eigenvalue weighted by Crippen LogP contribution is -2.40. The number of nitrogens with zero attached hydrogens (tertiary/aromatic N) is 2. The third-order valence-corrected chi connectivity index (χ3v) is 6.52. The van der Waals surface area contributed by atoms with Gasteiger partial charge in [-0.3, -0.25) is 9.59 Å². The Morgan fingerprint density at radius 3 is 2.45 bits per heavy atom. The molecule has 1 saturated heterocycles. The molecular formula is C25H30N2O4. The second-order valence-electron chi connectivity index (χ2n) is 8.49. The Labute approximate surface area is 183 Å². The molecular weight excluding hydrogens is 392 g/mol. The fraction of sp³-hybridized carbons (Fsp3) is 0.440. The van der Waals surface area contributed by atoms with E-state index in [2.05, 4.69) is 6.92 Å². The zero-order valence-electron chi connectivity index (χ0n) is 18.5. The van der Waals surface area contributed by atoms with Crippen molar-refractivity contribution in [2.75, 3.05) is 27.3 Å². The molecule has 0 bridgehead atoms. The summed E-state index contributed by atoms with van der Waals surface area (Å²) in [6, 6.07) is 12.9. The summed E-state index contributed by atoms with van der Waals surface area (Å²) in [5, 5.41) is 0. The predicted octanol–water partition coefficient (Wildman–Crippen LogP) is 4.05. The van der Waals surface area contributed by atoms with Crippen LogP contribution in [0.4, 0.5) is 0 Å². The fourth-order valence-corrected chi connectivity index (χ4v) is 4.55. The topological polar surface area (TPSA) is 59.1 Å². The summed E-state index contributed by atoms with van der Waals surface area (Å²) in [6.45, 7) is 4.30. The van der Waals surface area contributed by atoms with Gasteiger partial charge in [0.05, 0.1) is 26.7 Å². The van der Waals surface area contributed by atoms with Gasteiger partial charge in [-0.2, -0.15) is 0 Å². The number of carbonyl (C=O) groups is 2. The average molecular weight is 423 g/mol. The maximum Gasteiger partial charge on any atom is 0.255 e. The molecule has 1 unspecified atom stereocenters. The molecule has 0 N–H and O–H groups in total. The van der Waals surface area contributed by atoms with Crippen LogP contribution in [-0.2, 0) is 11.3 Å². The molecule has 4 rings (SSSR count). The zero-order valence-corrected chi connectivity index (χ0v) is 18.5. The summed E-state index contributed by atoms with van der Waals surface area (Å²) in [4.78, 5) is 30.2. The normalized spacial score (nSPS) is 17.5. The Morgan fingerprint density at radius 2 is 1.77 bits per heavy atom. The average Bonchev–Trinajstić information content (AvgIpc) is 3.13. The Balaban J connectivity index is 1.65. The molecule has 2 heterocycles. The SMILES string of the molecule is COc1ccc(C(CC(=O)N2CCC(C)CC2)N2Cc3ccccc3C2=O)cc1OC. The summed E-state index contributed by atoms with van der Waals surface area (Å²) in [6.07, 6.45) is 2.31. The molecule has 2 aliphatic heterocycles. The zero-order chi connectivity index (χ0) is 22.0. The maximum absolute atomic E-state index is 13.2. The maximum atomic E-state index is 13.2. The van der Waals surface area contributed by atoms with E-state index < -0.39 is 0 Å². The first-order chi connectivity index (χ1) is 15.0. The molecule has 1 fully saturated rings. The van der Waals surface area contributed by atoms with Crippen LogP contribution < -0.4 is 9.47 Å². The van der Waals surface area contributed by atoms with E-state index in [-0.39, 0.29) is 24.3 Å². The Kier molecular flexibility index (Phi) is 6.16. The van der Waals surface area contributed by atoms with Crippen molar-refractivity contribution in [3.05, 3.63) is 59.2 Å². The van der Waals surface area contributed by atoms with E-state index >= 15 is 0 Å². The molecule has 2 aromatic rings. The van der Waals surface area contributed by atoms with Crippen molar-refractivity contribution >= 4 is 11.8 Å². The smallest absolute Gasteiger partial charge is 0.255 e. The fourth-order valence-electron chi connectivity index (χ4n) is 4.55. The lowest BCUT2D eigenvalue weighted by atomic mass is 9.97. The van der Waals surface area contributed by atoms with E-state index in [0.29, 0.717) is 29.5 Å².